The smallest absolute Gasteiger partial charge is 0.224 e. The zero-order valence-electron chi connectivity index (χ0n) is 18.7. The number of imidazole rings is 1. The highest BCUT2D eigenvalue weighted by molar-refractivity contribution is 5.78. The summed E-state index contributed by atoms with van der Waals surface area (Å²) in [5, 5.41) is 3.02. The molecule has 164 valence electrons. The largest absolute Gasteiger partial charge is 0.491 e. The van der Waals surface area contributed by atoms with Gasteiger partial charge in [0.25, 0.3) is 0 Å². The number of amides is 1. The molecule has 0 atom stereocenters. The lowest BCUT2D eigenvalue weighted by molar-refractivity contribution is -0.120. The molecule has 0 saturated carbocycles. The third-order valence-electron chi connectivity index (χ3n) is 5.74. The molecule has 32 heavy (non-hydrogen) atoms. The Morgan fingerprint density at radius 1 is 0.969 bits per heavy atom. The van der Waals surface area contributed by atoms with Crippen molar-refractivity contribution in [2.45, 2.75) is 33.2 Å². The first-order chi connectivity index (χ1) is 15.6. The van der Waals surface area contributed by atoms with Gasteiger partial charge in [0.15, 0.2) is 0 Å². The van der Waals surface area contributed by atoms with Crippen molar-refractivity contribution in [2.75, 3.05) is 13.2 Å². The van der Waals surface area contributed by atoms with Gasteiger partial charge in [-0.3, -0.25) is 4.79 Å². The zero-order chi connectivity index (χ0) is 22.3. The number of ether oxygens (including phenoxy) is 1. The van der Waals surface area contributed by atoms with Crippen LogP contribution >= 0.6 is 0 Å². The van der Waals surface area contributed by atoms with Crippen molar-refractivity contribution in [3.63, 3.8) is 0 Å². The molecule has 3 aromatic carbocycles. The molecule has 0 aliphatic carbocycles. The molecule has 0 spiro atoms. The van der Waals surface area contributed by atoms with Gasteiger partial charge in [-0.05, 0) is 48.7 Å². The molecule has 0 radical (unpaired) electrons. The molecule has 5 nitrogen and oxygen atoms in total. The van der Waals surface area contributed by atoms with Crippen molar-refractivity contribution in [1.29, 1.82) is 0 Å². The maximum absolute atomic E-state index is 12.3. The Morgan fingerprint density at radius 3 is 2.59 bits per heavy atom. The Bertz CT molecular complexity index is 1200. The fourth-order valence-electron chi connectivity index (χ4n) is 3.85. The molecule has 1 aromatic heterocycles. The summed E-state index contributed by atoms with van der Waals surface area (Å²) in [5.74, 6) is 1.90. The quantitative estimate of drug-likeness (QED) is 0.424. The summed E-state index contributed by atoms with van der Waals surface area (Å²) < 4.78 is 8.28. The number of nitrogens with zero attached hydrogens (tertiary/aromatic N) is 2. The molecule has 0 saturated heterocycles. The summed E-state index contributed by atoms with van der Waals surface area (Å²) in [6, 6.07) is 24.0. The molecule has 0 aliphatic heterocycles. The van der Waals surface area contributed by atoms with Gasteiger partial charge in [-0.25, -0.2) is 4.98 Å². The molecule has 0 fully saturated rings. The molecule has 5 heteroatoms. The predicted octanol–water partition coefficient (Wildman–Crippen LogP) is 4.63. The van der Waals surface area contributed by atoms with Crippen molar-refractivity contribution in [3.8, 4) is 5.75 Å². The van der Waals surface area contributed by atoms with E-state index < -0.39 is 0 Å². The minimum Gasteiger partial charge on any atom is -0.491 e. The van der Waals surface area contributed by atoms with Gasteiger partial charge in [0.2, 0.25) is 5.91 Å². The van der Waals surface area contributed by atoms with E-state index in [9.17, 15) is 4.79 Å². The SMILES string of the molecule is Cc1cccc(OCCn2c(CCNC(=O)Cc3ccccc3)nc3ccccc32)c1C. The van der Waals surface area contributed by atoms with Crippen LogP contribution in [0, 0.1) is 13.8 Å². The van der Waals surface area contributed by atoms with Crippen LogP contribution in [0.1, 0.15) is 22.5 Å². The second kappa shape index (κ2) is 10.1. The van der Waals surface area contributed by atoms with Crippen molar-refractivity contribution in [2.24, 2.45) is 0 Å². The van der Waals surface area contributed by atoms with E-state index in [1.807, 2.05) is 60.7 Å². The molecule has 0 bridgehead atoms. The molecular formula is C27H29N3O2. The first-order valence-corrected chi connectivity index (χ1v) is 11.1. The lowest BCUT2D eigenvalue weighted by Crippen LogP contribution is -2.28. The number of fused-ring (bicyclic) bond motifs is 1. The molecule has 1 amide bonds. The van der Waals surface area contributed by atoms with Crippen LogP contribution in [0.3, 0.4) is 0 Å². The maximum Gasteiger partial charge on any atom is 0.224 e. The summed E-state index contributed by atoms with van der Waals surface area (Å²) >= 11 is 0. The second-order valence-electron chi connectivity index (χ2n) is 7.98. The number of hydrogen-bond acceptors (Lipinski definition) is 3. The van der Waals surface area contributed by atoms with Gasteiger partial charge in [0.05, 0.1) is 24.0 Å². The van der Waals surface area contributed by atoms with E-state index in [-0.39, 0.29) is 5.91 Å². The topological polar surface area (TPSA) is 56.1 Å². The highest BCUT2D eigenvalue weighted by atomic mass is 16.5. The first-order valence-electron chi connectivity index (χ1n) is 11.1. The van der Waals surface area contributed by atoms with E-state index >= 15 is 0 Å². The standard InChI is InChI=1S/C27H29N3O2/c1-20-9-8-14-25(21(20)2)32-18-17-30-24-13-7-6-12-23(24)29-26(30)15-16-28-27(31)19-22-10-4-3-5-11-22/h3-14H,15-19H2,1-2H3,(H,28,31). The zero-order valence-corrected chi connectivity index (χ0v) is 18.7. The minimum atomic E-state index is 0.0251. The number of hydrogen-bond donors (Lipinski definition) is 1. The molecule has 0 aliphatic rings. The van der Waals surface area contributed by atoms with Gasteiger partial charge >= 0.3 is 0 Å². The van der Waals surface area contributed by atoms with Gasteiger partial charge in [0.1, 0.15) is 18.2 Å². The van der Waals surface area contributed by atoms with Crippen LogP contribution < -0.4 is 10.1 Å². The van der Waals surface area contributed by atoms with E-state index in [1.165, 1.54) is 11.1 Å². The minimum absolute atomic E-state index is 0.0251. The van der Waals surface area contributed by atoms with Crippen molar-refractivity contribution in [1.82, 2.24) is 14.9 Å². The number of nitrogens with one attached hydrogen (secondary N) is 1. The Hall–Kier alpha value is -3.60. The summed E-state index contributed by atoms with van der Waals surface area (Å²) in [4.78, 5) is 17.1. The van der Waals surface area contributed by atoms with Gasteiger partial charge in [-0.15, -0.1) is 0 Å². The van der Waals surface area contributed by atoms with E-state index in [0.717, 1.165) is 28.2 Å². The summed E-state index contributed by atoms with van der Waals surface area (Å²) in [5.41, 5.74) is 5.46. The van der Waals surface area contributed by atoms with Crippen LogP contribution in [-0.4, -0.2) is 28.6 Å². The molecule has 1 N–H and O–H groups in total. The van der Waals surface area contributed by atoms with Crippen LogP contribution in [0.5, 0.6) is 5.75 Å². The fraction of sp³-hybridized carbons (Fsp3) is 0.259. The molecule has 4 rings (SSSR count). The maximum atomic E-state index is 12.3. The van der Waals surface area contributed by atoms with Gasteiger partial charge in [-0.2, -0.15) is 0 Å². The van der Waals surface area contributed by atoms with Crippen molar-refractivity contribution in [3.05, 3.63) is 95.3 Å². The van der Waals surface area contributed by atoms with Crippen LogP contribution in [-0.2, 0) is 24.2 Å². The average Bonchev–Trinajstić information content (AvgIpc) is 3.15. The van der Waals surface area contributed by atoms with E-state index in [1.54, 1.807) is 0 Å². The Kier molecular flexibility index (Phi) is 6.85. The summed E-state index contributed by atoms with van der Waals surface area (Å²) in [7, 11) is 0. The third-order valence-corrected chi connectivity index (χ3v) is 5.74. The second-order valence-corrected chi connectivity index (χ2v) is 7.98. The fourth-order valence-corrected chi connectivity index (χ4v) is 3.85. The number of rotatable bonds is 9. The number of aryl methyl sites for hydroxylation is 1. The molecular weight excluding hydrogens is 398 g/mol. The summed E-state index contributed by atoms with van der Waals surface area (Å²) in [6.07, 6.45) is 1.06. The van der Waals surface area contributed by atoms with Crippen LogP contribution in [0.25, 0.3) is 11.0 Å². The Balaban J connectivity index is 1.39. The number of carbonyl (C=O) groups excluding carboxylic acids is 1. The highest BCUT2D eigenvalue weighted by Crippen LogP contribution is 2.21. The predicted molar refractivity (Wildman–Crippen MR) is 128 cm³/mol. The van der Waals surface area contributed by atoms with Crippen LogP contribution in [0.2, 0.25) is 0 Å². The van der Waals surface area contributed by atoms with E-state index in [4.69, 9.17) is 9.72 Å². The molecule has 0 unspecified atom stereocenters. The monoisotopic (exact) mass is 427 g/mol. The third kappa shape index (κ3) is 5.17. The van der Waals surface area contributed by atoms with E-state index in [2.05, 4.69) is 35.9 Å². The average molecular weight is 428 g/mol. The van der Waals surface area contributed by atoms with Crippen molar-refractivity contribution < 1.29 is 9.53 Å². The van der Waals surface area contributed by atoms with Gasteiger partial charge < -0.3 is 14.6 Å². The molecule has 1 heterocycles. The van der Waals surface area contributed by atoms with Gasteiger partial charge in [0, 0.05) is 13.0 Å². The Labute approximate surface area is 189 Å². The van der Waals surface area contributed by atoms with Crippen molar-refractivity contribution >= 4 is 16.9 Å². The normalized spacial score (nSPS) is 10.9. The summed E-state index contributed by atoms with van der Waals surface area (Å²) in [6.45, 7) is 5.97. The first kappa shape index (κ1) is 21.6. The molecule has 4 aromatic rings. The number of carbonyl (C=O) groups is 1. The van der Waals surface area contributed by atoms with Crippen LogP contribution in [0.15, 0.2) is 72.8 Å². The number of aromatic nitrogens is 2. The number of benzene rings is 3. The van der Waals surface area contributed by atoms with E-state index in [0.29, 0.717) is 32.5 Å². The van der Waals surface area contributed by atoms with Crippen LogP contribution in [0.4, 0.5) is 0 Å². The lowest BCUT2D eigenvalue weighted by atomic mass is 10.1. The highest BCUT2D eigenvalue weighted by Gasteiger charge is 2.12. The Morgan fingerprint density at radius 2 is 1.75 bits per heavy atom. The van der Waals surface area contributed by atoms with Gasteiger partial charge in [-0.1, -0.05) is 54.6 Å². The lowest BCUT2D eigenvalue weighted by Gasteiger charge is -2.13. The number of para-hydroxylation sites is 2.